The molecule has 0 unspecified atom stereocenters. The first kappa shape index (κ1) is 16.1. The average molecular weight is 343 g/mol. The summed E-state index contributed by atoms with van der Waals surface area (Å²) in [4.78, 5) is 24.1. The van der Waals surface area contributed by atoms with Crippen LogP contribution in [-0.4, -0.2) is 30.4 Å². The molecule has 0 bridgehead atoms. The van der Waals surface area contributed by atoms with E-state index in [2.05, 4.69) is 15.0 Å². The number of hydrogen-bond acceptors (Lipinski definition) is 5. The van der Waals surface area contributed by atoms with Gasteiger partial charge in [0.05, 0.1) is 11.0 Å². The Hall–Kier alpha value is -2.74. The van der Waals surface area contributed by atoms with Crippen LogP contribution >= 0.6 is 12.2 Å². The molecule has 0 aliphatic carbocycles. The summed E-state index contributed by atoms with van der Waals surface area (Å²) < 4.78 is 3.22. The molecule has 0 saturated carbocycles. The molecule has 8 heteroatoms. The number of imidazole rings is 1. The molecule has 0 atom stereocenters. The van der Waals surface area contributed by atoms with Gasteiger partial charge in [0.15, 0.2) is 4.77 Å². The summed E-state index contributed by atoms with van der Waals surface area (Å²) in [5.41, 5.74) is 1.35. The fourth-order valence-corrected chi connectivity index (χ4v) is 2.94. The van der Waals surface area contributed by atoms with Gasteiger partial charge in [0.1, 0.15) is 5.56 Å². The Labute approximate surface area is 142 Å². The molecule has 2 heterocycles. The summed E-state index contributed by atoms with van der Waals surface area (Å²) in [5.74, 6) is 0.181. The molecular weight excluding hydrogens is 326 g/mol. The van der Waals surface area contributed by atoms with Crippen LogP contribution in [0.2, 0.25) is 0 Å². The molecular formula is C16H17N5O2S. The number of H-pyrrole nitrogens is 1. The van der Waals surface area contributed by atoms with Crippen LogP contribution in [0.3, 0.4) is 0 Å². The van der Waals surface area contributed by atoms with Gasteiger partial charge in [-0.05, 0) is 38.2 Å². The zero-order valence-corrected chi connectivity index (χ0v) is 14.2. The van der Waals surface area contributed by atoms with Gasteiger partial charge in [0.2, 0.25) is 11.8 Å². The number of nitrogens with zero attached hydrogens (tertiary/aromatic N) is 4. The van der Waals surface area contributed by atoms with Crippen LogP contribution in [0.5, 0.6) is 5.88 Å². The van der Waals surface area contributed by atoms with Crippen molar-refractivity contribution in [2.45, 2.75) is 26.9 Å². The fourth-order valence-electron chi connectivity index (χ4n) is 2.51. The number of aromatic nitrogens is 4. The van der Waals surface area contributed by atoms with Crippen LogP contribution in [0.15, 0.2) is 34.1 Å². The lowest BCUT2D eigenvalue weighted by atomic mass is 10.3. The van der Waals surface area contributed by atoms with Crippen molar-refractivity contribution in [2.75, 3.05) is 0 Å². The molecule has 7 nitrogen and oxygen atoms in total. The second-order valence-electron chi connectivity index (χ2n) is 5.15. The number of nitrogens with one attached hydrogen (secondary N) is 1. The van der Waals surface area contributed by atoms with E-state index in [4.69, 9.17) is 12.2 Å². The third-order valence-electron chi connectivity index (χ3n) is 3.76. The Balaban J connectivity index is 2.12. The second-order valence-corrected chi connectivity index (χ2v) is 5.51. The maximum atomic E-state index is 12.5. The summed E-state index contributed by atoms with van der Waals surface area (Å²) in [6.45, 7) is 4.55. The van der Waals surface area contributed by atoms with Crippen LogP contribution in [0.25, 0.3) is 11.0 Å². The number of para-hydroxylation sites is 2. The molecule has 3 rings (SSSR count). The molecule has 0 aliphatic heterocycles. The monoisotopic (exact) mass is 343 g/mol. The van der Waals surface area contributed by atoms with Crippen molar-refractivity contribution in [2.24, 2.45) is 4.99 Å². The number of aromatic hydroxyl groups is 1. The van der Waals surface area contributed by atoms with Gasteiger partial charge in [0.25, 0.3) is 5.56 Å². The van der Waals surface area contributed by atoms with Crippen LogP contribution in [0.1, 0.15) is 19.4 Å². The van der Waals surface area contributed by atoms with E-state index < -0.39 is 0 Å². The van der Waals surface area contributed by atoms with E-state index in [9.17, 15) is 9.90 Å². The Morgan fingerprint density at radius 3 is 2.67 bits per heavy atom. The summed E-state index contributed by atoms with van der Waals surface area (Å²) in [6.07, 6.45) is 1.32. The van der Waals surface area contributed by atoms with E-state index in [1.165, 1.54) is 15.3 Å². The highest BCUT2D eigenvalue weighted by Gasteiger charge is 2.14. The van der Waals surface area contributed by atoms with E-state index in [-0.39, 0.29) is 17.0 Å². The van der Waals surface area contributed by atoms with Crippen LogP contribution in [-0.2, 0) is 13.1 Å². The first-order chi connectivity index (χ1) is 11.6. The molecule has 0 saturated heterocycles. The smallest absolute Gasteiger partial charge is 0.267 e. The lowest BCUT2D eigenvalue weighted by Gasteiger charge is -2.13. The Bertz CT molecular complexity index is 1010. The number of fused-ring (bicyclic) bond motifs is 1. The number of hydrogen-bond donors (Lipinski definition) is 2. The predicted octanol–water partition coefficient (Wildman–Crippen LogP) is 2.75. The predicted molar refractivity (Wildman–Crippen MR) is 95.9 cm³/mol. The lowest BCUT2D eigenvalue weighted by molar-refractivity contribution is 0.399. The van der Waals surface area contributed by atoms with Gasteiger partial charge >= 0.3 is 0 Å². The van der Waals surface area contributed by atoms with Crippen molar-refractivity contribution in [3.8, 4) is 5.88 Å². The van der Waals surface area contributed by atoms with Crippen molar-refractivity contribution in [1.82, 2.24) is 19.1 Å². The molecule has 0 radical (unpaired) electrons. The normalized spacial score (nSPS) is 11.6. The minimum Gasteiger partial charge on any atom is -0.494 e. The van der Waals surface area contributed by atoms with Gasteiger partial charge < -0.3 is 10.1 Å². The number of aromatic amines is 1. The summed E-state index contributed by atoms with van der Waals surface area (Å²) in [7, 11) is 0. The largest absolute Gasteiger partial charge is 0.494 e. The van der Waals surface area contributed by atoms with Gasteiger partial charge in [-0.15, -0.1) is 0 Å². The Morgan fingerprint density at radius 2 is 2.00 bits per heavy atom. The highest BCUT2D eigenvalue weighted by molar-refractivity contribution is 7.71. The average Bonchev–Trinajstić information content (AvgIpc) is 2.98. The van der Waals surface area contributed by atoms with Gasteiger partial charge in [-0.1, -0.05) is 12.1 Å². The number of benzene rings is 1. The quantitative estimate of drug-likeness (QED) is 0.563. The van der Waals surface area contributed by atoms with E-state index in [0.29, 0.717) is 23.8 Å². The number of aliphatic imine (C=N–C) groups is 1. The van der Waals surface area contributed by atoms with Crippen molar-refractivity contribution < 1.29 is 5.11 Å². The van der Waals surface area contributed by atoms with Crippen LogP contribution < -0.4 is 5.56 Å². The third-order valence-corrected chi connectivity index (χ3v) is 4.20. The zero-order chi connectivity index (χ0) is 17.3. The van der Waals surface area contributed by atoms with E-state index in [0.717, 1.165) is 11.0 Å². The summed E-state index contributed by atoms with van der Waals surface area (Å²) in [6, 6.07) is 7.53. The molecule has 24 heavy (non-hydrogen) atoms. The first-order valence-corrected chi connectivity index (χ1v) is 8.03. The Morgan fingerprint density at radius 1 is 1.29 bits per heavy atom. The van der Waals surface area contributed by atoms with Crippen LogP contribution in [0, 0.1) is 4.77 Å². The van der Waals surface area contributed by atoms with E-state index in [1.807, 2.05) is 38.1 Å². The maximum absolute atomic E-state index is 12.5. The summed E-state index contributed by atoms with van der Waals surface area (Å²) in [5, 5.41) is 10.3. The molecule has 2 N–H and O–H groups in total. The minimum absolute atomic E-state index is 0.0905. The van der Waals surface area contributed by atoms with Crippen molar-refractivity contribution in [3.63, 3.8) is 0 Å². The van der Waals surface area contributed by atoms with Gasteiger partial charge in [0, 0.05) is 19.3 Å². The van der Waals surface area contributed by atoms with Gasteiger partial charge in [-0.2, -0.15) is 0 Å². The number of rotatable bonds is 4. The SMILES string of the molecule is CCn1c(O)c(/C=N/c2nc3ccccc3[nH]2)c(=O)n(CC)c1=S. The lowest BCUT2D eigenvalue weighted by Crippen LogP contribution is -2.27. The highest BCUT2D eigenvalue weighted by Crippen LogP contribution is 2.17. The molecule has 0 fully saturated rings. The van der Waals surface area contributed by atoms with Gasteiger partial charge in [-0.25, -0.2) is 9.98 Å². The molecule has 0 amide bonds. The second kappa shape index (κ2) is 6.40. The maximum Gasteiger partial charge on any atom is 0.267 e. The van der Waals surface area contributed by atoms with E-state index >= 15 is 0 Å². The van der Waals surface area contributed by atoms with Crippen molar-refractivity contribution >= 4 is 35.4 Å². The topological polar surface area (TPSA) is 88.2 Å². The molecule has 3 aromatic rings. The molecule has 0 spiro atoms. The third kappa shape index (κ3) is 2.65. The van der Waals surface area contributed by atoms with Crippen molar-refractivity contribution in [3.05, 3.63) is 45.0 Å². The van der Waals surface area contributed by atoms with Crippen molar-refractivity contribution in [1.29, 1.82) is 0 Å². The van der Waals surface area contributed by atoms with E-state index in [1.54, 1.807) is 0 Å². The zero-order valence-electron chi connectivity index (χ0n) is 13.4. The fraction of sp³-hybridized carbons (Fsp3) is 0.250. The Kier molecular flexibility index (Phi) is 4.30. The standard InChI is InChI=1S/C16H17N5O2S/c1-3-20-13(22)10(14(23)21(4-2)16(20)24)9-17-15-18-11-7-5-6-8-12(11)19-15/h5-9,22H,3-4H2,1-2H3,(H,18,19)/b17-9+. The molecule has 0 aliphatic rings. The molecule has 1 aromatic carbocycles. The first-order valence-electron chi connectivity index (χ1n) is 7.62. The molecule has 124 valence electrons. The summed E-state index contributed by atoms with van der Waals surface area (Å²) >= 11 is 5.25. The van der Waals surface area contributed by atoms with Gasteiger partial charge in [-0.3, -0.25) is 13.9 Å². The highest BCUT2D eigenvalue weighted by atomic mass is 32.1. The van der Waals surface area contributed by atoms with Crippen LogP contribution in [0.4, 0.5) is 5.95 Å². The molecule has 2 aromatic heterocycles. The minimum atomic E-state index is -0.371.